The number of piperazine rings is 1. The van der Waals surface area contributed by atoms with Crippen molar-refractivity contribution in [1.29, 1.82) is 0 Å². The zero-order valence-corrected chi connectivity index (χ0v) is 13.7. The van der Waals surface area contributed by atoms with Gasteiger partial charge in [0.15, 0.2) is 0 Å². The Morgan fingerprint density at radius 1 is 1.04 bits per heavy atom. The van der Waals surface area contributed by atoms with Gasteiger partial charge in [0.2, 0.25) is 10.1 Å². The predicted molar refractivity (Wildman–Crippen MR) is 92.7 cm³/mol. The summed E-state index contributed by atoms with van der Waals surface area (Å²) in [4.78, 5) is 21.6. The third-order valence-corrected chi connectivity index (χ3v) is 5.00. The van der Waals surface area contributed by atoms with Gasteiger partial charge in [-0.2, -0.15) is 4.52 Å². The van der Waals surface area contributed by atoms with E-state index in [1.165, 1.54) is 27.6 Å². The van der Waals surface area contributed by atoms with E-state index in [1.54, 1.807) is 0 Å². The largest absolute Gasteiger partial charge is 0.368 e. The molecule has 1 aromatic carbocycles. The fraction of sp³-hybridized carbons (Fsp3) is 0.312. The number of aromatic nitrogens is 3. The maximum atomic E-state index is 12.0. The van der Waals surface area contributed by atoms with Gasteiger partial charge >= 0.3 is 0 Å². The standard InChI is InChI=1S/C16H17N5OS/c1-12-11-14(22)21-15(17-12)23-16(18-21)20-9-7-19(8-10-20)13-5-3-2-4-6-13/h2-6,11H,7-10H2,1H3. The third-order valence-electron chi connectivity index (χ3n) is 4.03. The Hall–Kier alpha value is -2.41. The highest BCUT2D eigenvalue weighted by molar-refractivity contribution is 7.20. The first-order chi connectivity index (χ1) is 11.2. The Bertz CT molecular complexity index is 880. The lowest BCUT2D eigenvalue weighted by molar-refractivity contribution is 0.647. The topological polar surface area (TPSA) is 53.7 Å². The zero-order valence-electron chi connectivity index (χ0n) is 12.8. The van der Waals surface area contributed by atoms with Gasteiger partial charge in [-0.1, -0.05) is 29.5 Å². The van der Waals surface area contributed by atoms with Gasteiger partial charge in [0.25, 0.3) is 5.56 Å². The Morgan fingerprint density at radius 2 is 1.74 bits per heavy atom. The van der Waals surface area contributed by atoms with Crippen LogP contribution in [0.15, 0.2) is 41.2 Å². The van der Waals surface area contributed by atoms with Gasteiger partial charge in [-0.15, -0.1) is 5.10 Å². The van der Waals surface area contributed by atoms with E-state index in [1.807, 2.05) is 13.0 Å². The first-order valence-electron chi connectivity index (χ1n) is 7.63. The summed E-state index contributed by atoms with van der Waals surface area (Å²) in [5.74, 6) is 0. The molecule has 0 atom stereocenters. The Morgan fingerprint density at radius 3 is 2.48 bits per heavy atom. The van der Waals surface area contributed by atoms with Crippen molar-refractivity contribution in [3.63, 3.8) is 0 Å². The molecule has 23 heavy (non-hydrogen) atoms. The summed E-state index contributed by atoms with van der Waals surface area (Å²) in [6, 6.07) is 12.0. The highest BCUT2D eigenvalue weighted by Gasteiger charge is 2.20. The molecule has 0 amide bonds. The van der Waals surface area contributed by atoms with Crippen LogP contribution in [0.3, 0.4) is 0 Å². The molecule has 0 aliphatic carbocycles. The second-order valence-corrected chi connectivity index (χ2v) is 6.56. The van der Waals surface area contributed by atoms with Crippen molar-refractivity contribution in [1.82, 2.24) is 14.6 Å². The van der Waals surface area contributed by atoms with Crippen molar-refractivity contribution in [3.8, 4) is 0 Å². The molecule has 0 saturated carbocycles. The molecule has 1 saturated heterocycles. The molecule has 6 nitrogen and oxygen atoms in total. The number of hydrogen-bond donors (Lipinski definition) is 0. The van der Waals surface area contributed by atoms with Crippen LogP contribution in [0.25, 0.3) is 4.96 Å². The maximum Gasteiger partial charge on any atom is 0.275 e. The third kappa shape index (κ3) is 2.68. The zero-order chi connectivity index (χ0) is 15.8. The van der Waals surface area contributed by atoms with Crippen LogP contribution in [0.4, 0.5) is 10.8 Å². The smallest absolute Gasteiger partial charge is 0.275 e. The van der Waals surface area contributed by atoms with Crippen LogP contribution in [-0.4, -0.2) is 40.8 Å². The van der Waals surface area contributed by atoms with Crippen molar-refractivity contribution in [2.24, 2.45) is 0 Å². The first kappa shape index (κ1) is 14.2. The molecule has 1 fully saturated rings. The fourth-order valence-electron chi connectivity index (χ4n) is 2.83. The van der Waals surface area contributed by atoms with Crippen LogP contribution in [0.1, 0.15) is 5.69 Å². The number of hydrogen-bond acceptors (Lipinski definition) is 6. The highest BCUT2D eigenvalue weighted by Crippen LogP contribution is 2.24. The van der Waals surface area contributed by atoms with Crippen LogP contribution >= 0.6 is 11.3 Å². The molecular weight excluding hydrogens is 310 g/mol. The number of rotatable bonds is 2. The summed E-state index contributed by atoms with van der Waals surface area (Å²) in [6.07, 6.45) is 0. The van der Waals surface area contributed by atoms with Crippen LogP contribution in [-0.2, 0) is 0 Å². The minimum atomic E-state index is -0.113. The summed E-state index contributed by atoms with van der Waals surface area (Å²) in [5.41, 5.74) is 1.88. The molecule has 1 aliphatic rings. The molecule has 4 rings (SSSR count). The lowest BCUT2D eigenvalue weighted by Gasteiger charge is -2.35. The number of benzene rings is 1. The molecule has 0 unspecified atom stereocenters. The van der Waals surface area contributed by atoms with Crippen LogP contribution in [0, 0.1) is 6.92 Å². The van der Waals surface area contributed by atoms with Gasteiger partial charge in [0.1, 0.15) is 0 Å². The van der Waals surface area contributed by atoms with E-state index in [4.69, 9.17) is 0 Å². The van der Waals surface area contributed by atoms with Crippen LogP contribution < -0.4 is 15.4 Å². The Balaban J connectivity index is 1.54. The highest BCUT2D eigenvalue weighted by atomic mass is 32.1. The van der Waals surface area contributed by atoms with Crippen LogP contribution in [0.2, 0.25) is 0 Å². The van der Waals surface area contributed by atoms with Gasteiger partial charge in [-0.3, -0.25) is 4.79 Å². The van der Waals surface area contributed by atoms with E-state index in [0.29, 0.717) is 4.96 Å². The summed E-state index contributed by atoms with van der Waals surface area (Å²) in [7, 11) is 0. The van der Waals surface area contributed by atoms with E-state index in [9.17, 15) is 4.79 Å². The van der Waals surface area contributed by atoms with E-state index in [0.717, 1.165) is 37.0 Å². The molecule has 3 heterocycles. The number of aryl methyl sites for hydroxylation is 1. The van der Waals surface area contributed by atoms with Crippen molar-refractivity contribution in [2.45, 2.75) is 6.92 Å². The fourth-order valence-corrected chi connectivity index (χ4v) is 3.84. The van der Waals surface area contributed by atoms with Gasteiger partial charge < -0.3 is 9.80 Å². The predicted octanol–water partition coefficient (Wildman–Crippen LogP) is 1.79. The SMILES string of the molecule is Cc1cc(=O)n2nc(N3CCN(c4ccccc4)CC3)sc2n1. The van der Waals surface area contributed by atoms with E-state index in [2.05, 4.69) is 44.1 Å². The summed E-state index contributed by atoms with van der Waals surface area (Å²) < 4.78 is 1.40. The van der Waals surface area contributed by atoms with Crippen molar-refractivity contribution in [3.05, 3.63) is 52.4 Å². The second kappa shape index (κ2) is 5.66. The summed E-state index contributed by atoms with van der Waals surface area (Å²) >= 11 is 1.48. The normalized spacial score (nSPS) is 15.3. The van der Waals surface area contributed by atoms with Crippen molar-refractivity contribution in [2.75, 3.05) is 36.0 Å². The first-order valence-corrected chi connectivity index (χ1v) is 8.45. The molecule has 0 bridgehead atoms. The lowest BCUT2D eigenvalue weighted by Crippen LogP contribution is -2.46. The molecule has 7 heteroatoms. The number of para-hydroxylation sites is 1. The summed E-state index contributed by atoms with van der Waals surface area (Å²) in [5, 5.41) is 5.31. The molecular formula is C16H17N5OS. The second-order valence-electron chi connectivity index (χ2n) is 5.62. The molecule has 0 spiro atoms. The Labute approximate surface area is 137 Å². The lowest BCUT2D eigenvalue weighted by atomic mass is 10.2. The molecule has 3 aromatic rings. The van der Waals surface area contributed by atoms with Gasteiger partial charge in [0, 0.05) is 43.6 Å². The molecule has 0 N–H and O–H groups in total. The average molecular weight is 327 g/mol. The molecule has 0 radical (unpaired) electrons. The monoisotopic (exact) mass is 327 g/mol. The minimum absolute atomic E-state index is 0.113. The van der Waals surface area contributed by atoms with Crippen molar-refractivity contribution >= 4 is 27.1 Å². The van der Waals surface area contributed by atoms with E-state index in [-0.39, 0.29) is 5.56 Å². The molecule has 118 valence electrons. The van der Waals surface area contributed by atoms with E-state index < -0.39 is 0 Å². The summed E-state index contributed by atoms with van der Waals surface area (Å²) in [6.45, 7) is 5.51. The molecule has 2 aromatic heterocycles. The van der Waals surface area contributed by atoms with Gasteiger partial charge in [-0.25, -0.2) is 4.98 Å². The number of anilines is 2. The van der Waals surface area contributed by atoms with Gasteiger partial charge in [-0.05, 0) is 19.1 Å². The number of fused-ring (bicyclic) bond motifs is 1. The maximum absolute atomic E-state index is 12.0. The minimum Gasteiger partial charge on any atom is -0.368 e. The quantitative estimate of drug-likeness (QED) is 0.718. The molecule has 1 aliphatic heterocycles. The van der Waals surface area contributed by atoms with Gasteiger partial charge in [0.05, 0.1) is 0 Å². The Kier molecular flexibility index (Phi) is 3.49. The average Bonchev–Trinajstić information content (AvgIpc) is 3.00. The van der Waals surface area contributed by atoms with Crippen molar-refractivity contribution < 1.29 is 0 Å². The van der Waals surface area contributed by atoms with Crippen LogP contribution in [0.5, 0.6) is 0 Å². The van der Waals surface area contributed by atoms with E-state index >= 15 is 0 Å². The number of nitrogens with zero attached hydrogens (tertiary/aromatic N) is 5.